The fraction of sp³-hybridized carbons (Fsp3) is 0.259. The van der Waals surface area contributed by atoms with Crippen molar-refractivity contribution >= 4 is 33.7 Å². The monoisotopic (exact) mass is 448 g/mol. The zero-order chi connectivity index (χ0) is 23.4. The number of H-pyrrole nitrogens is 1. The molecule has 1 amide bonds. The number of carbonyl (C=O) groups excluding carboxylic acids is 1. The highest BCUT2D eigenvalue weighted by molar-refractivity contribution is 6.07. The quantitative estimate of drug-likeness (QED) is 0.475. The molecule has 1 aromatic carbocycles. The molecular formula is C27H24N6O. The summed E-state index contributed by atoms with van der Waals surface area (Å²) in [5.41, 5.74) is 5.25. The van der Waals surface area contributed by atoms with Gasteiger partial charge in [0.25, 0.3) is 0 Å². The third kappa shape index (κ3) is 2.92. The van der Waals surface area contributed by atoms with Crippen LogP contribution in [0.2, 0.25) is 0 Å². The summed E-state index contributed by atoms with van der Waals surface area (Å²) >= 11 is 0. The van der Waals surface area contributed by atoms with Gasteiger partial charge in [0, 0.05) is 60.3 Å². The van der Waals surface area contributed by atoms with Crippen LogP contribution in [0.3, 0.4) is 0 Å². The maximum Gasteiger partial charge on any atom is 0.245 e. The number of nitriles is 1. The normalized spacial score (nSPS) is 16.7. The number of likely N-dealkylation sites (tertiary alicyclic amines) is 1. The van der Waals surface area contributed by atoms with Crippen LogP contribution < -0.4 is 4.90 Å². The third-order valence-electron chi connectivity index (χ3n) is 7.29. The topological polar surface area (TPSA) is 88.9 Å². The number of aromatic amines is 1. The summed E-state index contributed by atoms with van der Waals surface area (Å²) in [6, 6.07) is 12.5. The molecule has 34 heavy (non-hydrogen) atoms. The van der Waals surface area contributed by atoms with E-state index in [1.165, 1.54) is 6.08 Å². The molecule has 3 aromatic heterocycles. The largest absolute Gasteiger partial charge is 0.355 e. The highest BCUT2D eigenvalue weighted by atomic mass is 16.2. The van der Waals surface area contributed by atoms with Crippen LogP contribution in [0.4, 0.5) is 5.82 Å². The molecule has 7 nitrogen and oxygen atoms in total. The Morgan fingerprint density at radius 3 is 2.82 bits per heavy atom. The fourth-order valence-electron chi connectivity index (χ4n) is 5.66. The summed E-state index contributed by atoms with van der Waals surface area (Å²) in [6.07, 6.45) is 6.09. The fourth-order valence-corrected chi connectivity index (χ4v) is 5.66. The van der Waals surface area contributed by atoms with Crippen molar-refractivity contribution in [3.05, 3.63) is 66.5 Å². The van der Waals surface area contributed by atoms with E-state index in [0.29, 0.717) is 5.56 Å². The first kappa shape index (κ1) is 20.4. The number of rotatable bonds is 3. The number of hydrogen-bond donors (Lipinski definition) is 1. The lowest BCUT2D eigenvalue weighted by Crippen LogP contribution is -2.59. The number of hydrogen-bond acceptors (Lipinski definition) is 5. The van der Waals surface area contributed by atoms with Gasteiger partial charge in [-0.3, -0.25) is 4.79 Å². The first-order valence-corrected chi connectivity index (χ1v) is 11.5. The van der Waals surface area contributed by atoms with Crippen molar-refractivity contribution in [2.45, 2.75) is 13.3 Å². The van der Waals surface area contributed by atoms with Gasteiger partial charge in [-0.25, -0.2) is 9.97 Å². The molecule has 2 saturated heterocycles. The van der Waals surface area contributed by atoms with Crippen molar-refractivity contribution < 1.29 is 4.79 Å². The molecule has 2 aliphatic heterocycles. The van der Waals surface area contributed by atoms with Crippen LogP contribution in [0.5, 0.6) is 0 Å². The first-order valence-electron chi connectivity index (χ1n) is 11.5. The molecule has 2 fully saturated rings. The molecule has 0 radical (unpaired) electrons. The van der Waals surface area contributed by atoms with Gasteiger partial charge < -0.3 is 14.8 Å². The van der Waals surface area contributed by atoms with E-state index in [1.807, 2.05) is 54.5 Å². The maximum atomic E-state index is 12.0. The Kier molecular flexibility index (Phi) is 4.46. The molecule has 1 N–H and O–H groups in total. The number of nitrogens with one attached hydrogen (secondary N) is 1. The van der Waals surface area contributed by atoms with Crippen LogP contribution in [0.1, 0.15) is 17.5 Å². The molecule has 2 aliphatic rings. The number of para-hydroxylation sites is 1. The van der Waals surface area contributed by atoms with Gasteiger partial charge in [0.05, 0.1) is 5.52 Å². The van der Waals surface area contributed by atoms with E-state index >= 15 is 0 Å². The lowest BCUT2D eigenvalue weighted by atomic mass is 9.79. The molecular weight excluding hydrogens is 424 g/mol. The third-order valence-corrected chi connectivity index (χ3v) is 7.29. The smallest absolute Gasteiger partial charge is 0.245 e. The van der Waals surface area contributed by atoms with Crippen molar-refractivity contribution in [1.29, 1.82) is 5.26 Å². The minimum Gasteiger partial charge on any atom is -0.355 e. The molecule has 0 bridgehead atoms. The molecule has 4 aromatic rings. The lowest BCUT2D eigenvalue weighted by molar-refractivity contribution is -0.136. The standard InChI is InChI=1S/C27H24N6O/c1-3-22(34)33-15-27(16-33)9-11-32(14-27)26-20(12-28)24(18-6-4-5-7-21(18)31-26)23-17(2)13-30-25-19(23)8-10-29-25/h3-8,10,13H,1,9,11,14-16H2,2H3,(H,29,30). The molecule has 0 saturated carbocycles. The molecule has 1 spiro atoms. The SMILES string of the molecule is C=CC(=O)N1CC2(CCN(c3nc4ccccc4c(-c4c(C)cnc5[nH]ccc45)c3C#N)C2)C1. The van der Waals surface area contributed by atoms with Crippen molar-refractivity contribution in [2.75, 3.05) is 31.1 Å². The van der Waals surface area contributed by atoms with Crippen LogP contribution >= 0.6 is 0 Å². The van der Waals surface area contributed by atoms with E-state index < -0.39 is 0 Å². The lowest BCUT2D eigenvalue weighted by Gasteiger charge is -2.47. The van der Waals surface area contributed by atoms with Crippen LogP contribution in [-0.4, -0.2) is 51.9 Å². The second kappa shape index (κ2) is 7.42. The van der Waals surface area contributed by atoms with Gasteiger partial charge in [0.15, 0.2) is 0 Å². The van der Waals surface area contributed by atoms with Crippen molar-refractivity contribution in [3.8, 4) is 17.2 Å². The van der Waals surface area contributed by atoms with Crippen molar-refractivity contribution in [2.24, 2.45) is 5.41 Å². The highest BCUT2D eigenvalue weighted by Crippen LogP contribution is 2.45. The number of carbonyl (C=O) groups is 1. The van der Waals surface area contributed by atoms with E-state index in [4.69, 9.17) is 4.98 Å². The van der Waals surface area contributed by atoms with Crippen molar-refractivity contribution in [3.63, 3.8) is 0 Å². The maximum absolute atomic E-state index is 12.0. The van der Waals surface area contributed by atoms with E-state index in [0.717, 1.165) is 77.0 Å². The molecule has 7 heteroatoms. The van der Waals surface area contributed by atoms with Crippen LogP contribution in [-0.2, 0) is 4.79 Å². The number of amides is 1. The number of aromatic nitrogens is 3. The number of benzene rings is 1. The summed E-state index contributed by atoms with van der Waals surface area (Å²) in [6.45, 7) is 8.68. The molecule has 6 rings (SSSR count). The summed E-state index contributed by atoms with van der Waals surface area (Å²) in [7, 11) is 0. The van der Waals surface area contributed by atoms with E-state index in [2.05, 4.69) is 27.5 Å². The molecule has 0 unspecified atom stereocenters. The van der Waals surface area contributed by atoms with Crippen LogP contribution in [0.15, 0.2) is 55.4 Å². The van der Waals surface area contributed by atoms with Crippen LogP contribution in [0.25, 0.3) is 33.1 Å². The highest BCUT2D eigenvalue weighted by Gasteiger charge is 2.49. The molecule has 168 valence electrons. The summed E-state index contributed by atoms with van der Waals surface area (Å²) in [5.74, 6) is 0.707. The van der Waals surface area contributed by atoms with Gasteiger partial charge >= 0.3 is 0 Å². The van der Waals surface area contributed by atoms with E-state index in [9.17, 15) is 10.1 Å². The minimum absolute atomic E-state index is 0.0170. The Labute approximate surface area is 197 Å². The zero-order valence-corrected chi connectivity index (χ0v) is 19.0. The molecule has 5 heterocycles. The Morgan fingerprint density at radius 2 is 2.03 bits per heavy atom. The van der Waals surface area contributed by atoms with Crippen LogP contribution in [0, 0.1) is 23.7 Å². The average Bonchev–Trinajstić information content (AvgIpc) is 3.49. The zero-order valence-electron chi connectivity index (χ0n) is 19.0. The van der Waals surface area contributed by atoms with Gasteiger partial charge in [-0.15, -0.1) is 0 Å². The predicted octanol–water partition coefficient (Wildman–Crippen LogP) is 4.18. The number of fused-ring (bicyclic) bond motifs is 2. The van der Waals surface area contributed by atoms with Gasteiger partial charge in [-0.05, 0) is 42.7 Å². The van der Waals surface area contributed by atoms with Gasteiger partial charge in [-0.1, -0.05) is 24.8 Å². The Morgan fingerprint density at radius 1 is 1.21 bits per heavy atom. The summed E-state index contributed by atoms with van der Waals surface area (Å²) in [4.78, 5) is 28.8. The first-order chi connectivity index (χ1) is 16.5. The average molecular weight is 449 g/mol. The summed E-state index contributed by atoms with van der Waals surface area (Å²) < 4.78 is 0. The van der Waals surface area contributed by atoms with Gasteiger partial charge in [0.2, 0.25) is 5.91 Å². The van der Waals surface area contributed by atoms with Gasteiger partial charge in [0.1, 0.15) is 23.1 Å². The van der Waals surface area contributed by atoms with E-state index in [-0.39, 0.29) is 11.3 Å². The van der Waals surface area contributed by atoms with Crippen molar-refractivity contribution in [1.82, 2.24) is 19.9 Å². The second-order valence-electron chi connectivity index (χ2n) is 9.44. The Bertz CT molecular complexity index is 1520. The number of nitrogens with zero attached hydrogens (tertiary/aromatic N) is 5. The number of aryl methyl sites for hydroxylation is 1. The minimum atomic E-state index is -0.0170. The number of pyridine rings is 2. The van der Waals surface area contributed by atoms with E-state index in [1.54, 1.807) is 0 Å². The Hall–Kier alpha value is -4.18. The molecule has 0 aliphatic carbocycles. The summed E-state index contributed by atoms with van der Waals surface area (Å²) in [5, 5.41) is 12.4. The molecule has 0 atom stereocenters. The second-order valence-corrected chi connectivity index (χ2v) is 9.44. The Balaban J connectivity index is 1.51. The predicted molar refractivity (Wildman–Crippen MR) is 132 cm³/mol. The number of anilines is 1. The van der Waals surface area contributed by atoms with Gasteiger partial charge in [-0.2, -0.15) is 5.26 Å².